The number of nitrogens with two attached hydrogens (primary N) is 1. The molecule has 136 valence electrons. The van der Waals surface area contributed by atoms with Gasteiger partial charge in [0.1, 0.15) is 4.90 Å². The summed E-state index contributed by atoms with van der Waals surface area (Å²) in [5.74, 6) is -1.64. The Bertz CT molecular complexity index is 1240. The van der Waals surface area contributed by atoms with Crippen LogP contribution in [0, 0.1) is 0 Å². The third kappa shape index (κ3) is 3.85. The summed E-state index contributed by atoms with van der Waals surface area (Å²) in [7, 11) is -9.38. The Morgan fingerprint density at radius 1 is 0.852 bits per heavy atom. The molecule has 0 radical (unpaired) electrons. The van der Waals surface area contributed by atoms with E-state index in [1.807, 2.05) is 0 Å². The maximum atomic E-state index is 12.7. The van der Waals surface area contributed by atoms with Crippen molar-refractivity contribution in [3.8, 4) is 0 Å². The van der Waals surface area contributed by atoms with E-state index in [4.69, 9.17) is 10.3 Å². The second-order valence-corrected chi connectivity index (χ2v) is 9.00. The average Bonchev–Trinajstić information content (AvgIpc) is 2.51. The maximum absolute atomic E-state index is 12.7. The van der Waals surface area contributed by atoms with Crippen molar-refractivity contribution in [3.63, 3.8) is 0 Å². The number of nitrogen functional groups attached to an aromatic ring is 1. The third-order valence-electron chi connectivity index (χ3n) is 3.79. The Hall–Kier alpha value is -0.484. The summed E-state index contributed by atoms with van der Waals surface area (Å²) in [5, 5.41) is 0. The monoisotopic (exact) mass is 500 g/mol. The van der Waals surface area contributed by atoms with Crippen molar-refractivity contribution in [2.45, 2.75) is 9.79 Å². The van der Waals surface area contributed by atoms with Gasteiger partial charge in [-0.3, -0.25) is 18.7 Å². The number of halogens is 1. The molecule has 4 N–H and O–H groups in total. The van der Waals surface area contributed by atoms with Crippen molar-refractivity contribution in [2.75, 3.05) is 5.73 Å². The first kappa shape index (κ1) is 22.8. The van der Waals surface area contributed by atoms with Crippen LogP contribution in [0.2, 0.25) is 0 Å². The van der Waals surface area contributed by atoms with Gasteiger partial charge in [0.25, 0.3) is 20.2 Å². The van der Waals surface area contributed by atoms with E-state index in [1.54, 1.807) is 0 Å². The second kappa shape index (κ2) is 7.40. The van der Waals surface area contributed by atoms with Crippen LogP contribution in [0.15, 0.2) is 38.5 Å². The fourth-order valence-electron chi connectivity index (χ4n) is 2.65. The second-order valence-electron chi connectivity index (χ2n) is 5.34. The van der Waals surface area contributed by atoms with Crippen LogP contribution in [0.1, 0.15) is 31.8 Å². The number of hydrogen-bond acceptors (Lipinski definition) is 7. The minimum Gasteiger partial charge on any atom is -0.397 e. The minimum absolute atomic E-state index is 0. The maximum Gasteiger partial charge on any atom is 1.00 e. The number of fused-ring (bicyclic) bond motifs is 2. The van der Waals surface area contributed by atoms with Gasteiger partial charge in [0.2, 0.25) is 0 Å². The molecule has 1 aliphatic rings. The van der Waals surface area contributed by atoms with Crippen molar-refractivity contribution in [1.82, 2.24) is 0 Å². The van der Waals surface area contributed by atoms with E-state index in [-0.39, 0.29) is 72.5 Å². The van der Waals surface area contributed by atoms with E-state index in [0.717, 1.165) is 24.3 Å². The molecular weight excluding hydrogens is 493 g/mol. The molecule has 2 aromatic carbocycles. The van der Waals surface area contributed by atoms with Crippen molar-refractivity contribution in [3.05, 3.63) is 51.0 Å². The van der Waals surface area contributed by atoms with Crippen LogP contribution in [-0.4, -0.2) is 37.5 Å². The quantitative estimate of drug-likeness (QED) is 0.211. The molecule has 0 aromatic heterocycles. The van der Waals surface area contributed by atoms with Gasteiger partial charge in [0.15, 0.2) is 11.6 Å². The first-order valence-electron chi connectivity index (χ1n) is 6.64. The molecular formula is C14H8BrKNO8S2+. The topological polar surface area (TPSA) is 169 Å². The predicted molar refractivity (Wildman–Crippen MR) is 91.5 cm³/mol. The van der Waals surface area contributed by atoms with Gasteiger partial charge in [-0.25, -0.2) is 0 Å². The van der Waals surface area contributed by atoms with E-state index < -0.39 is 52.8 Å². The van der Waals surface area contributed by atoms with Crippen LogP contribution in [0.4, 0.5) is 5.69 Å². The predicted octanol–water partition coefficient (Wildman–Crippen LogP) is -1.70. The molecule has 1 aliphatic carbocycles. The zero-order valence-electron chi connectivity index (χ0n) is 13.4. The number of carbonyl (C=O) groups excluding carboxylic acids is 2. The average molecular weight is 501 g/mol. The molecule has 0 bridgehead atoms. The zero-order valence-corrected chi connectivity index (χ0v) is 19.8. The van der Waals surface area contributed by atoms with Gasteiger partial charge < -0.3 is 5.73 Å². The van der Waals surface area contributed by atoms with Crippen LogP contribution in [-0.2, 0) is 20.2 Å². The van der Waals surface area contributed by atoms with Gasteiger partial charge in [-0.1, -0.05) is 0 Å². The van der Waals surface area contributed by atoms with Crippen LogP contribution in [0.5, 0.6) is 0 Å². The number of rotatable bonds is 2. The van der Waals surface area contributed by atoms with Crippen molar-refractivity contribution >= 4 is 53.4 Å². The van der Waals surface area contributed by atoms with Crippen molar-refractivity contribution in [2.24, 2.45) is 0 Å². The van der Waals surface area contributed by atoms with E-state index in [9.17, 15) is 31.0 Å². The van der Waals surface area contributed by atoms with Gasteiger partial charge in [-0.2, -0.15) is 16.8 Å². The Balaban J connectivity index is 0.00000261. The molecule has 2 aromatic rings. The normalized spacial score (nSPS) is 13.6. The van der Waals surface area contributed by atoms with E-state index in [2.05, 4.69) is 15.9 Å². The van der Waals surface area contributed by atoms with Gasteiger partial charge in [0.05, 0.1) is 21.7 Å². The third-order valence-corrected chi connectivity index (χ3v) is 6.16. The molecule has 27 heavy (non-hydrogen) atoms. The fourth-order valence-corrected chi connectivity index (χ4v) is 4.56. The molecule has 0 atom stereocenters. The van der Waals surface area contributed by atoms with E-state index in [0.29, 0.717) is 0 Å². The molecule has 13 heteroatoms. The van der Waals surface area contributed by atoms with Crippen molar-refractivity contribution in [1.29, 1.82) is 0 Å². The van der Waals surface area contributed by atoms with Crippen LogP contribution in [0.25, 0.3) is 0 Å². The van der Waals surface area contributed by atoms with Gasteiger partial charge in [-0.05, 0) is 40.2 Å². The summed E-state index contributed by atoms with van der Waals surface area (Å²) in [4.78, 5) is 24.1. The molecule has 9 nitrogen and oxygen atoms in total. The summed E-state index contributed by atoms with van der Waals surface area (Å²) in [6, 6.07) is 3.64. The molecule has 0 fully saturated rings. The van der Waals surface area contributed by atoms with Crippen LogP contribution >= 0.6 is 15.9 Å². The number of benzene rings is 2. The Kier molecular flexibility index (Phi) is 6.25. The summed E-state index contributed by atoms with van der Waals surface area (Å²) < 4.78 is 63.7. The molecule has 0 saturated carbocycles. The molecule has 0 amide bonds. The molecule has 0 unspecified atom stereocenters. The van der Waals surface area contributed by atoms with Gasteiger partial charge >= 0.3 is 51.4 Å². The molecule has 0 aliphatic heterocycles. The number of carbonyl (C=O) groups is 2. The first-order valence-corrected chi connectivity index (χ1v) is 10.3. The number of hydrogen-bond donors (Lipinski definition) is 3. The van der Waals surface area contributed by atoms with Crippen molar-refractivity contribution < 1.29 is 86.9 Å². The first-order chi connectivity index (χ1) is 11.8. The standard InChI is InChI=1S/C14H8BrNO8S2.K/c15-8-4-9(26(22,23)24)12(16)11-10(8)14(18)7-3-5(25(19,20)21)1-2-6(7)13(11)17;/h1-4H,16H2,(H,19,20,21)(H,22,23,24);/q;+1. The SMILES string of the molecule is Nc1c(S(=O)(=O)O)cc(Br)c2c1C(=O)c1ccc(S(=O)(=O)O)cc1C2=O.[K+]. The fraction of sp³-hybridized carbons (Fsp3) is 0. The summed E-state index contributed by atoms with van der Waals surface area (Å²) >= 11 is 2.97. The van der Waals surface area contributed by atoms with E-state index >= 15 is 0 Å². The molecule has 0 saturated heterocycles. The number of anilines is 1. The van der Waals surface area contributed by atoms with Gasteiger partial charge in [0, 0.05) is 15.6 Å². The Morgan fingerprint density at radius 3 is 1.93 bits per heavy atom. The molecule has 0 spiro atoms. The summed E-state index contributed by atoms with van der Waals surface area (Å²) in [6.45, 7) is 0. The summed E-state index contributed by atoms with van der Waals surface area (Å²) in [5.41, 5.74) is 3.88. The zero-order chi connectivity index (χ0) is 19.6. The van der Waals surface area contributed by atoms with Gasteiger partial charge in [-0.15, -0.1) is 0 Å². The van der Waals surface area contributed by atoms with Crippen LogP contribution < -0.4 is 57.1 Å². The Morgan fingerprint density at radius 2 is 1.41 bits per heavy atom. The summed E-state index contributed by atoms with van der Waals surface area (Å²) in [6.07, 6.45) is 0. The van der Waals surface area contributed by atoms with Crippen LogP contribution in [0.3, 0.4) is 0 Å². The molecule has 0 heterocycles. The van der Waals surface area contributed by atoms with E-state index in [1.165, 1.54) is 0 Å². The molecule has 3 rings (SSSR count). The Labute approximate surface area is 204 Å². The number of ketones is 2. The minimum atomic E-state index is -4.76. The largest absolute Gasteiger partial charge is 1.00 e. The smallest absolute Gasteiger partial charge is 0.397 e.